The number of aliphatic hydroxyl groups excluding tert-OH is 1. The van der Waals surface area contributed by atoms with Crippen LogP contribution < -0.4 is 10.1 Å². The number of ether oxygens (including phenoxy) is 1. The Labute approximate surface area is 120 Å². The molecule has 0 amide bonds. The van der Waals surface area contributed by atoms with Crippen LogP contribution in [0.15, 0.2) is 22.7 Å². The van der Waals surface area contributed by atoms with Crippen LogP contribution in [0, 0.1) is 5.41 Å². The molecular weight excluding hydrogens is 320 g/mol. The summed E-state index contributed by atoms with van der Waals surface area (Å²) in [5.74, 6) is 0.160. The maximum Gasteiger partial charge on any atom is 0.387 e. The molecule has 0 aromatic heterocycles. The summed E-state index contributed by atoms with van der Waals surface area (Å²) in [5.41, 5.74) is 0.388. The van der Waals surface area contributed by atoms with Gasteiger partial charge >= 0.3 is 6.61 Å². The van der Waals surface area contributed by atoms with Crippen LogP contribution in [0.5, 0.6) is 5.75 Å². The molecule has 0 radical (unpaired) electrons. The fraction of sp³-hybridized carbons (Fsp3) is 0.538. The molecule has 1 rings (SSSR count). The van der Waals surface area contributed by atoms with E-state index in [-0.39, 0.29) is 17.8 Å². The van der Waals surface area contributed by atoms with Crippen LogP contribution in [-0.4, -0.2) is 24.9 Å². The van der Waals surface area contributed by atoms with Crippen LogP contribution in [0.1, 0.15) is 19.4 Å². The molecule has 0 atom stereocenters. The molecule has 6 heteroatoms. The van der Waals surface area contributed by atoms with Crippen LogP contribution in [0.2, 0.25) is 0 Å². The highest BCUT2D eigenvalue weighted by Gasteiger charge is 2.16. The first-order chi connectivity index (χ1) is 8.84. The zero-order valence-corrected chi connectivity index (χ0v) is 12.5. The molecule has 1 aromatic carbocycles. The van der Waals surface area contributed by atoms with E-state index in [1.165, 1.54) is 6.07 Å². The smallest absolute Gasteiger partial charge is 0.387 e. The van der Waals surface area contributed by atoms with Gasteiger partial charge in [0.15, 0.2) is 0 Å². The number of hydrogen-bond donors (Lipinski definition) is 2. The van der Waals surface area contributed by atoms with Gasteiger partial charge in [0.1, 0.15) is 5.75 Å². The minimum atomic E-state index is -2.84. The second-order valence-electron chi connectivity index (χ2n) is 5.06. The lowest BCUT2D eigenvalue weighted by Gasteiger charge is -2.22. The Bertz CT molecular complexity index is 414. The van der Waals surface area contributed by atoms with E-state index < -0.39 is 6.61 Å². The summed E-state index contributed by atoms with van der Waals surface area (Å²) in [6, 6.07) is 4.89. The van der Waals surface area contributed by atoms with Gasteiger partial charge in [0.2, 0.25) is 0 Å². The standard InChI is InChI=1S/C13H18BrF2NO2/c1-13(2,8-18)7-17-6-9-5-10(14)3-4-11(9)19-12(15)16/h3-5,12,17-18H,6-8H2,1-2H3. The molecular formula is C13H18BrF2NO2. The number of alkyl halides is 2. The van der Waals surface area contributed by atoms with Gasteiger partial charge in [0, 0.05) is 35.1 Å². The predicted octanol–water partition coefficient (Wildman–Crippen LogP) is 3.16. The Morgan fingerprint density at radius 2 is 2.11 bits per heavy atom. The maximum absolute atomic E-state index is 12.3. The molecule has 0 bridgehead atoms. The SMILES string of the molecule is CC(C)(CO)CNCc1cc(Br)ccc1OC(F)F. The maximum atomic E-state index is 12.3. The minimum Gasteiger partial charge on any atom is -0.434 e. The lowest BCUT2D eigenvalue weighted by molar-refractivity contribution is -0.0505. The van der Waals surface area contributed by atoms with E-state index in [2.05, 4.69) is 26.0 Å². The van der Waals surface area contributed by atoms with Gasteiger partial charge in [-0.2, -0.15) is 8.78 Å². The van der Waals surface area contributed by atoms with Gasteiger partial charge in [0.25, 0.3) is 0 Å². The molecule has 0 saturated carbocycles. The Kier molecular flexibility index (Phi) is 6.16. The van der Waals surface area contributed by atoms with Crippen molar-refractivity contribution in [3.63, 3.8) is 0 Å². The van der Waals surface area contributed by atoms with Crippen LogP contribution in [0.4, 0.5) is 8.78 Å². The van der Waals surface area contributed by atoms with Crippen molar-refractivity contribution in [1.82, 2.24) is 5.32 Å². The van der Waals surface area contributed by atoms with Crippen molar-refractivity contribution in [1.29, 1.82) is 0 Å². The van der Waals surface area contributed by atoms with E-state index in [9.17, 15) is 8.78 Å². The summed E-state index contributed by atoms with van der Waals surface area (Å²) < 4.78 is 29.8. The quantitative estimate of drug-likeness (QED) is 0.803. The van der Waals surface area contributed by atoms with E-state index in [1.54, 1.807) is 12.1 Å². The van der Waals surface area contributed by atoms with Gasteiger partial charge in [0.05, 0.1) is 0 Å². The lowest BCUT2D eigenvalue weighted by Crippen LogP contribution is -2.32. The van der Waals surface area contributed by atoms with E-state index in [1.807, 2.05) is 13.8 Å². The third-order valence-electron chi connectivity index (χ3n) is 2.59. The molecule has 0 aliphatic rings. The third kappa shape index (κ3) is 5.84. The monoisotopic (exact) mass is 337 g/mol. The summed E-state index contributed by atoms with van der Waals surface area (Å²) >= 11 is 3.30. The summed E-state index contributed by atoms with van der Waals surface area (Å²) in [7, 11) is 0. The average molecular weight is 338 g/mol. The first-order valence-electron chi connectivity index (χ1n) is 5.89. The van der Waals surface area contributed by atoms with Crippen molar-refractivity contribution in [2.75, 3.05) is 13.2 Å². The van der Waals surface area contributed by atoms with Crippen molar-refractivity contribution in [2.45, 2.75) is 27.0 Å². The Morgan fingerprint density at radius 1 is 1.42 bits per heavy atom. The van der Waals surface area contributed by atoms with Crippen LogP contribution in [0.25, 0.3) is 0 Å². The normalized spacial score (nSPS) is 11.9. The molecule has 108 valence electrons. The molecule has 0 heterocycles. The lowest BCUT2D eigenvalue weighted by atomic mass is 9.95. The molecule has 0 saturated heterocycles. The van der Waals surface area contributed by atoms with Crippen molar-refractivity contribution >= 4 is 15.9 Å². The van der Waals surface area contributed by atoms with E-state index in [0.29, 0.717) is 18.7 Å². The molecule has 0 aliphatic carbocycles. The fourth-order valence-electron chi connectivity index (χ4n) is 1.49. The molecule has 1 aromatic rings. The largest absolute Gasteiger partial charge is 0.434 e. The van der Waals surface area contributed by atoms with Crippen LogP contribution in [0.3, 0.4) is 0 Å². The van der Waals surface area contributed by atoms with E-state index in [4.69, 9.17) is 5.11 Å². The molecule has 0 unspecified atom stereocenters. The average Bonchev–Trinajstić information content (AvgIpc) is 2.32. The van der Waals surface area contributed by atoms with Gasteiger partial charge in [-0.25, -0.2) is 0 Å². The number of rotatable bonds is 7. The number of nitrogens with one attached hydrogen (secondary N) is 1. The molecule has 0 spiro atoms. The van der Waals surface area contributed by atoms with Crippen molar-refractivity contribution in [3.05, 3.63) is 28.2 Å². The number of benzene rings is 1. The molecule has 0 fully saturated rings. The van der Waals surface area contributed by atoms with E-state index in [0.717, 1.165) is 4.47 Å². The highest BCUT2D eigenvalue weighted by molar-refractivity contribution is 9.10. The fourth-order valence-corrected chi connectivity index (χ4v) is 1.90. The first kappa shape index (κ1) is 16.3. The van der Waals surface area contributed by atoms with Gasteiger partial charge in [-0.15, -0.1) is 0 Å². The second-order valence-corrected chi connectivity index (χ2v) is 5.97. The topological polar surface area (TPSA) is 41.5 Å². The highest BCUT2D eigenvalue weighted by atomic mass is 79.9. The van der Waals surface area contributed by atoms with Crippen molar-refractivity contribution < 1.29 is 18.6 Å². The molecule has 0 aliphatic heterocycles. The van der Waals surface area contributed by atoms with Crippen molar-refractivity contribution in [3.8, 4) is 5.75 Å². The van der Waals surface area contributed by atoms with Crippen molar-refractivity contribution in [2.24, 2.45) is 5.41 Å². The molecule has 19 heavy (non-hydrogen) atoms. The Hall–Kier alpha value is -0.720. The molecule has 2 N–H and O–H groups in total. The summed E-state index contributed by atoms with van der Waals surface area (Å²) in [6.07, 6.45) is 0. The zero-order chi connectivity index (χ0) is 14.5. The van der Waals surface area contributed by atoms with Gasteiger partial charge in [-0.1, -0.05) is 29.8 Å². The third-order valence-corrected chi connectivity index (χ3v) is 3.08. The predicted molar refractivity (Wildman–Crippen MR) is 73.3 cm³/mol. The van der Waals surface area contributed by atoms with E-state index >= 15 is 0 Å². The minimum absolute atomic E-state index is 0.0544. The number of halogens is 3. The second kappa shape index (κ2) is 7.17. The Balaban J connectivity index is 2.68. The first-order valence-corrected chi connectivity index (χ1v) is 6.68. The number of hydrogen-bond acceptors (Lipinski definition) is 3. The summed E-state index contributed by atoms with van der Waals surface area (Å²) in [6.45, 7) is 2.01. The van der Waals surface area contributed by atoms with Gasteiger partial charge in [-0.05, 0) is 18.2 Å². The Morgan fingerprint density at radius 3 is 2.68 bits per heavy atom. The zero-order valence-electron chi connectivity index (χ0n) is 10.9. The van der Waals surface area contributed by atoms with Gasteiger partial charge < -0.3 is 15.2 Å². The molecule has 3 nitrogen and oxygen atoms in total. The number of aliphatic hydroxyl groups is 1. The van der Waals surface area contributed by atoms with Gasteiger partial charge in [-0.3, -0.25) is 0 Å². The van der Waals surface area contributed by atoms with Crippen LogP contribution >= 0.6 is 15.9 Å². The van der Waals surface area contributed by atoms with Crippen LogP contribution in [-0.2, 0) is 6.54 Å². The summed E-state index contributed by atoms with van der Waals surface area (Å²) in [4.78, 5) is 0. The summed E-state index contributed by atoms with van der Waals surface area (Å²) in [5, 5.41) is 12.3. The highest BCUT2D eigenvalue weighted by Crippen LogP contribution is 2.25.